The van der Waals surface area contributed by atoms with Crippen LogP contribution in [-0.2, 0) is 11.3 Å². The molecule has 4 rings (SSSR count). The Hall–Kier alpha value is -3.20. The van der Waals surface area contributed by atoms with Crippen LogP contribution in [0, 0.1) is 0 Å². The Morgan fingerprint density at radius 3 is 2.77 bits per heavy atom. The number of rotatable bonds is 4. The van der Waals surface area contributed by atoms with E-state index in [-0.39, 0.29) is 11.7 Å². The molecule has 1 aliphatic heterocycles. The summed E-state index contributed by atoms with van der Waals surface area (Å²) < 4.78 is 8.35. The van der Waals surface area contributed by atoms with Crippen molar-refractivity contribution in [3.05, 3.63) is 70.7 Å². The zero-order valence-corrected chi connectivity index (χ0v) is 18.0. The van der Waals surface area contributed by atoms with E-state index in [0.29, 0.717) is 18.0 Å². The monoisotopic (exact) mass is 469 g/mol. The van der Waals surface area contributed by atoms with Gasteiger partial charge < -0.3 is 15.0 Å². The van der Waals surface area contributed by atoms with Crippen molar-refractivity contribution in [3.63, 3.8) is 0 Å². The van der Waals surface area contributed by atoms with Crippen molar-refractivity contribution < 1.29 is 14.3 Å². The Kier molecular flexibility index (Phi) is 5.54. The molecule has 0 fully saturated rings. The quantitative estimate of drug-likeness (QED) is 0.634. The fourth-order valence-corrected chi connectivity index (χ4v) is 3.63. The second-order valence-electron chi connectivity index (χ2n) is 7.03. The Bertz CT molecular complexity index is 1090. The zero-order chi connectivity index (χ0) is 21.3. The molecule has 1 N–H and O–H groups in total. The molecule has 2 aromatic carbocycles. The van der Waals surface area contributed by atoms with Crippen LogP contribution in [0.25, 0.3) is 0 Å². The molecule has 2 atom stereocenters. The Morgan fingerprint density at radius 1 is 1.23 bits per heavy atom. The minimum Gasteiger partial charge on any atom is -0.486 e. The van der Waals surface area contributed by atoms with Gasteiger partial charge in [-0.25, -0.2) is 9.67 Å². The lowest BCUT2D eigenvalue weighted by Crippen LogP contribution is -2.53. The Balaban J connectivity index is 1.50. The number of carbonyl (C=O) groups excluding carboxylic acids is 2. The molecular weight excluding hydrogens is 450 g/mol. The molecule has 9 heteroatoms. The summed E-state index contributed by atoms with van der Waals surface area (Å²) in [5.41, 5.74) is 1.67. The van der Waals surface area contributed by atoms with Gasteiger partial charge in [0, 0.05) is 11.5 Å². The zero-order valence-electron chi connectivity index (χ0n) is 16.4. The molecule has 2 amide bonds. The molecule has 0 saturated heterocycles. The molecule has 0 bridgehead atoms. The molecule has 1 aliphatic rings. The molecule has 2 heterocycles. The maximum atomic E-state index is 13.0. The van der Waals surface area contributed by atoms with Crippen molar-refractivity contribution in [1.82, 2.24) is 20.1 Å². The van der Waals surface area contributed by atoms with Crippen molar-refractivity contribution in [1.29, 1.82) is 0 Å². The summed E-state index contributed by atoms with van der Waals surface area (Å²) in [6, 6.07) is 14.3. The van der Waals surface area contributed by atoms with Crippen molar-refractivity contribution in [3.8, 4) is 5.75 Å². The van der Waals surface area contributed by atoms with Crippen LogP contribution in [0.1, 0.15) is 23.1 Å². The van der Waals surface area contributed by atoms with Gasteiger partial charge in [-0.3, -0.25) is 9.59 Å². The second kappa shape index (κ2) is 8.27. The molecular formula is C21H20BrN5O3. The molecule has 0 radical (unpaired) electrons. The molecule has 0 unspecified atom stereocenters. The molecule has 0 spiro atoms. The summed E-state index contributed by atoms with van der Waals surface area (Å²) in [5.74, 6) is -0.241. The van der Waals surface area contributed by atoms with Gasteiger partial charge in [0.05, 0.1) is 12.2 Å². The van der Waals surface area contributed by atoms with Crippen LogP contribution in [-0.4, -0.2) is 45.8 Å². The summed E-state index contributed by atoms with van der Waals surface area (Å²) in [6.45, 7) is 2.24. The molecule has 8 nitrogen and oxygen atoms in total. The summed E-state index contributed by atoms with van der Waals surface area (Å²) in [4.78, 5) is 31.3. The highest BCUT2D eigenvalue weighted by Gasteiger charge is 2.36. The highest BCUT2D eigenvalue weighted by molar-refractivity contribution is 9.10. The van der Waals surface area contributed by atoms with Gasteiger partial charge in [0.2, 0.25) is 5.82 Å². The Morgan fingerprint density at radius 2 is 2.00 bits per heavy atom. The SMILES string of the molecule is C[C@H]1Oc2ccc(Br)cc2N(C)C(=O)[C@H]1NC(=O)c1ncn(Cc2ccccc2)n1. The lowest BCUT2D eigenvalue weighted by atomic mass is 10.1. The maximum Gasteiger partial charge on any atom is 0.291 e. The first-order valence-electron chi connectivity index (χ1n) is 9.40. The number of aromatic nitrogens is 3. The molecule has 30 heavy (non-hydrogen) atoms. The van der Waals surface area contributed by atoms with Crippen molar-refractivity contribution in [2.24, 2.45) is 0 Å². The number of anilines is 1. The smallest absolute Gasteiger partial charge is 0.291 e. The number of halogens is 1. The van der Waals surface area contributed by atoms with Crippen LogP contribution in [0.2, 0.25) is 0 Å². The molecule has 0 aliphatic carbocycles. The summed E-state index contributed by atoms with van der Waals surface area (Å²) in [6.07, 6.45) is 0.925. The summed E-state index contributed by atoms with van der Waals surface area (Å²) in [5, 5.41) is 6.96. The maximum absolute atomic E-state index is 13.0. The van der Waals surface area contributed by atoms with Crippen molar-refractivity contribution in [2.45, 2.75) is 25.6 Å². The van der Waals surface area contributed by atoms with E-state index in [1.807, 2.05) is 36.4 Å². The van der Waals surface area contributed by atoms with E-state index in [9.17, 15) is 9.59 Å². The second-order valence-corrected chi connectivity index (χ2v) is 7.95. The largest absolute Gasteiger partial charge is 0.486 e. The van der Waals surface area contributed by atoms with Crippen LogP contribution >= 0.6 is 15.9 Å². The number of fused-ring (bicyclic) bond motifs is 1. The number of benzene rings is 2. The van der Waals surface area contributed by atoms with Gasteiger partial charge in [-0.1, -0.05) is 46.3 Å². The highest BCUT2D eigenvalue weighted by atomic mass is 79.9. The number of hydrogen-bond donors (Lipinski definition) is 1. The third-order valence-electron chi connectivity index (χ3n) is 4.87. The highest BCUT2D eigenvalue weighted by Crippen LogP contribution is 2.34. The van der Waals surface area contributed by atoms with Gasteiger partial charge in [0.25, 0.3) is 11.8 Å². The molecule has 0 saturated carbocycles. The van der Waals surface area contributed by atoms with E-state index >= 15 is 0 Å². The standard InChI is InChI=1S/C21H20BrN5O3/c1-13-18(21(29)26(2)16-10-15(22)8-9-17(16)30-13)24-20(28)19-23-12-27(25-19)11-14-6-4-3-5-7-14/h3-10,12-13,18H,11H2,1-2H3,(H,24,28)/t13-,18+/m1/s1. The number of nitrogens with zero attached hydrogens (tertiary/aromatic N) is 4. The molecule has 154 valence electrons. The van der Waals surface area contributed by atoms with E-state index < -0.39 is 18.1 Å². The van der Waals surface area contributed by atoms with Gasteiger partial charge in [0.1, 0.15) is 24.2 Å². The predicted octanol–water partition coefficient (Wildman–Crippen LogP) is 2.63. The van der Waals surface area contributed by atoms with Crippen molar-refractivity contribution >= 4 is 33.4 Å². The van der Waals surface area contributed by atoms with Gasteiger partial charge in [-0.15, -0.1) is 5.10 Å². The fourth-order valence-electron chi connectivity index (χ4n) is 3.28. The minimum absolute atomic E-state index is 0.00177. The van der Waals surface area contributed by atoms with E-state index in [1.54, 1.807) is 30.8 Å². The van der Waals surface area contributed by atoms with Gasteiger partial charge in [-0.2, -0.15) is 0 Å². The van der Waals surface area contributed by atoms with Crippen LogP contribution in [0.15, 0.2) is 59.3 Å². The number of hydrogen-bond acceptors (Lipinski definition) is 5. The van der Waals surface area contributed by atoms with Crippen LogP contribution in [0.3, 0.4) is 0 Å². The number of ether oxygens (including phenoxy) is 1. The van der Waals surface area contributed by atoms with E-state index in [1.165, 1.54) is 11.2 Å². The topological polar surface area (TPSA) is 89.4 Å². The normalized spacial score (nSPS) is 18.4. The number of amides is 2. The Labute approximate surface area is 182 Å². The summed E-state index contributed by atoms with van der Waals surface area (Å²) >= 11 is 3.41. The molecule has 3 aromatic rings. The third-order valence-corrected chi connectivity index (χ3v) is 5.37. The van der Waals surface area contributed by atoms with Gasteiger partial charge >= 0.3 is 0 Å². The average Bonchev–Trinajstić information content (AvgIpc) is 3.18. The first-order valence-corrected chi connectivity index (χ1v) is 10.2. The van der Waals surface area contributed by atoms with Gasteiger partial charge in [0.15, 0.2) is 0 Å². The fraction of sp³-hybridized carbons (Fsp3) is 0.238. The van der Waals surface area contributed by atoms with Crippen LogP contribution in [0.5, 0.6) is 5.75 Å². The lowest BCUT2D eigenvalue weighted by molar-refractivity contribution is -0.121. The first-order chi connectivity index (χ1) is 14.4. The van der Waals surface area contributed by atoms with Gasteiger partial charge in [-0.05, 0) is 30.7 Å². The minimum atomic E-state index is -0.880. The number of carbonyl (C=O) groups is 2. The van der Waals surface area contributed by atoms with Crippen LogP contribution in [0.4, 0.5) is 5.69 Å². The lowest BCUT2D eigenvalue weighted by Gasteiger charge is -2.23. The van der Waals surface area contributed by atoms with E-state index in [4.69, 9.17) is 4.74 Å². The first kappa shape index (κ1) is 20.1. The van der Waals surface area contributed by atoms with E-state index in [0.717, 1.165) is 10.0 Å². The van der Waals surface area contributed by atoms with E-state index in [2.05, 4.69) is 31.3 Å². The number of nitrogens with one attached hydrogen (secondary N) is 1. The number of likely N-dealkylation sites (N-methyl/N-ethyl adjacent to an activating group) is 1. The predicted molar refractivity (Wildman–Crippen MR) is 114 cm³/mol. The average molecular weight is 470 g/mol. The third kappa shape index (κ3) is 4.06. The van der Waals surface area contributed by atoms with Crippen LogP contribution < -0.4 is 15.0 Å². The molecule has 1 aromatic heterocycles. The van der Waals surface area contributed by atoms with Crippen molar-refractivity contribution in [2.75, 3.05) is 11.9 Å². The summed E-state index contributed by atoms with van der Waals surface area (Å²) in [7, 11) is 1.65.